The number of nitrogens with one attached hydrogen (secondary N) is 1. The van der Waals surface area contributed by atoms with Crippen molar-refractivity contribution in [2.24, 2.45) is 0 Å². The minimum Gasteiger partial charge on any atom is -0.312 e. The monoisotopic (exact) mass is 264 g/mol. The second-order valence-corrected chi connectivity index (χ2v) is 5.55. The summed E-state index contributed by atoms with van der Waals surface area (Å²) in [6.07, 6.45) is 3.70. The van der Waals surface area contributed by atoms with E-state index in [0.717, 1.165) is 12.1 Å². The van der Waals surface area contributed by atoms with E-state index < -0.39 is 0 Å². The van der Waals surface area contributed by atoms with Gasteiger partial charge >= 0.3 is 0 Å². The van der Waals surface area contributed by atoms with Crippen molar-refractivity contribution in [2.75, 3.05) is 13.6 Å². The first-order valence-electron chi connectivity index (χ1n) is 7.34. The van der Waals surface area contributed by atoms with Crippen molar-refractivity contribution >= 4 is 0 Å². The fourth-order valence-corrected chi connectivity index (χ4v) is 3.21. The van der Waals surface area contributed by atoms with Crippen LogP contribution in [0.1, 0.15) is 44.7 Å². The maximum absolute atomic E-state index is 13.9. The molecule has 1 heterocycles. The normalized spacial score (nSPS) is 25.7. The Morgan fingerprint density at radius 1 is 1.37 bits per heavy atom. The molecule has 0 bridgehead atoms. The van der Waals surface area contributed by atoms with E-state index in [1.165, 1.54) is 19.3 Å². The standard InChI is InChI=1S/C16H25FN2/c1-4-13-10-9-12(2)19(13)11-16(18-3)14-7-5-6-8-15(14)17/h5-8,12-13,16,18H,4,9-11H2,1-3H3. The Kier molecular flexibility index (Phi) is 4.94. The van der Waals surface area contributed by atoms with Crippen molar-refractivity contribution in [3.05, 3.63) is 35.6 Å². The third-order valence-electron chi connectivity index (χ3n) is 4.45. The summed E-state index contributed by atoms with van der Waals surface area (Å²) in [6.45, 7) is 5.41. The van der Waals surface area contributed by atoms with E-state index in [0.29, 0.717) is 12.1 Å². The fraction of sp³-hybridized carbons (Fsp3) is 0.625. The van der Waals surface area contributed by atoms with E-state index in [1.807, 2.05) is 19.2 Å². The van der Waals surface area contributed by atoms with Crippen LogP contribution in [0, 0.1) is 5.82 Å². The lowest BCUT2D eigenvalue weighted by molar-refractivity contribution is 0.178. The highest BCUT2D eigenvalue weighted by molar-refractivity contribution is 5.21. The average molecular weight is 264 g/mol. The topological polar surface area (TPSA) is 15.3 Å². The summed E-state index contributed by atoms with van der Waals surface area (Å²) in [4.78, 5) is 2.54. The summed E-state index contributed by atoms with van der Waals surface area (Å²) in [5.74, 6) is -0.109. The average Bonchev–Trinajstić information content (AvgIpc) is 2.77. The smallest absolute Gasteiger partial charge is 0.128 e. The van der Waals surface area contributed by atoms with Gasteiger partial charge in [0.25, 0.3) is 0 Å². The lowest BCUT2D eigenvalue weighted by Crippen LogP contribution is -2.40. The summed E-state index contributed by atoms with van der Waals surface area (Å²) < 4.78 is 13.9. The Labute approximate surface area is 116 Å². The van der Waals surface area contributed by atoms with Gasteiger partial charge in [-0.2, -0.15) is 0 Å². The highest BCUT2D eigenvalue weighted by atomic mass is 19.1. The zero-order valence-electron chi connectivity index (χ0n) is 12.2. The Bertz CT molecular complexity index is 407. The number of rotatable bonds is 5. The Balaban J connectivity index is 2.13. The molecule has 0 aliphatic carbocycles. The first-order chi connectivity index (χ1) is 9.17. The van der Waals surface area contributed by atoms with Gasteiger partial charge in [0, 0.05) is 30.2 Å². The van der Waals surface area contributed by atoms with Crippen LogP contribution in [0.2, 0.25) is 0 Å². The number of benzene rings is 1. The predicted molar refractivity (Wildman–Crippen MR) is 77.7 cm³/mol. The van der Waals surface area contributed by atoms with E-state index in [4.69, 9.17) is 0 Å². The molecular formula is C16H25FN2. The quantitative estimate of drug-likeness (QED) is 0.877. The summed E-state index contributed by atoms with van der Waals surface area (Å²) in [5, 5.41) is 3.27. The first kappa shape index (κ1) is 14.5. The molecule has 3 unspecified atom stereocenters. The summed E-state index contributed by atoms with van der Waals surface area (Å²) in [5.41, 5.74) is 0.777. The molecule has 3 heteroatoms. The summed E-state index contributed by atoms with van der Waals surface area (Å²) >= 11 is 0. The van der Waals surface area contributed by atoms with Gasteiger partial charge in [-0.1, -0.05) is 25.1 Å². The van der Waals surface area contributed by atoms with Crippen LogP contribution in [-0.2, 0) is 0 Å². The summed E-state index contributed by atoms with van der Waals surface area (Å²) in [6, 6.07) is 8.41. The third-order valence-corrected chi connectivity index (χ3v) is 4.45. The van der Waals surface area contributed by atoms with Gasteiger partial charge in [0.1, 0.15) is 5.82 Å². The number of hydrogen-bond acceptors (Lipinski definition) is 2. The van der Waals surface area contributed by atoms with Gasteiger partial charge in [0.2, 0.25) is 0 Å². The molecule has 2 nitrogen and oxygen atoms in total. The zero-order chi connectivity index (χ0) is 13.8. The zero-order valence-corrected chi connectivity index (χ0v) is 12.2. The molecule has 1 aromatic rings. The molecule has 1 aliphatic heterocycles. The fourth-order valence-electron chi connectivity index (χ4n) is 3.21. The van der Waals surface area contributed by atoms with Crippen molar-refractivity contribution < 1.29 is 4.39 Å². The second-order valence-electron chi connectivity index (χ2n) is 5.55. The van der Waals surface area contributed by atoms with Crippen molar-refractivity contribution in [1.29, 1.82) is 0 Å². The van der Waals surface area contributed by atoms with Gasteiger partial charge in [-0.05, 0) is 39.3 Å². The SMILES string of the molecule is CCC1CCC(C)N1CC(NC)c1ccccc1F. The van der Waals surface area contributed by atoms with Gasteiger partial charge in [0.05, 0.1) is 0 Å². The maximum Gasteiger partial charge on any atom is 0.128 e. The second kappa shape index (κ2) is 6.49. The third kappa shape index (κ3) is 3.15. The van der Waals surface area contributed by atoms with Crippen LogP contribution in [0.4, 0.5) is 4.39 Å². The molecule has 1 fully saturated rings. The highest BCUT2D eigenvalue weighted by Gasteiger charge is 2.31. The van der Waals surface area contributed by atoms with Crippen LogP contribution in [0.3, 0.4) is 0 Å². The molecule has 0 amide bonds. The molecule has 1 saturated heterocycles. The van der Waals surface area contributed by atoms with Crippen molar-refractivity contribution in [2.45, 2.75) is 51.2 Å². The van der Waals surface area contributed by atoms with Crippen LogP contribution >= 0.6 is 0 Å². The Morgan fingerprint density at radius 2 is 2.11 bits per heavy atom. The van der Waals surface area contributed by atoms with Crippen molar-refractivity contribution in [1.82, 2.24) is 10.2 Å². The molecular weight excluding hydrogens is 239 g/mol. The van der Waals surface area contributed by atoms with E-state index in [2.05, 4.69) is 24.1 Å². The number of likely N-dealkylation sites (N-methyl/N-ethyl adjacent to an activating group) is 1. The Morgan fingerprint density at radius 3 is 2.74 bits per heavy atom. The van der Waals surface area contributed by atoms with Gasteiger partial charge in [-0.25, -0.2) is 4.39 Å². The number of likely N-dealkylation sites (tertiary alicyclic amines) is 1. The van der Waals surface area contributed by atoms with Crippen LogP contribution in [0.15, 0.2) is 24.3 Å². The van der Waals surface area contributed by atoms with Gasteiger partial charge in [0.15, 0.2) is 0 Å². The number of nitrogens with zero attached hydrogens (tertiary/aromatic N) is 1. The lowest BCUT2D eigenvalue weighted by Gasteiger charge is -2.32. The first-order valence-corrected chi connectivity index (χ1v) is 7.34. The van der Waals surface area contributed by atoms with Crippen LogP contribution in [0.5, 0.6) is 0 Å². The maximum atomic E-state index is 13.9. The Hall–Kier alpha value is -0.930. The van der Waals surface area contributed by atoms with E-state index in [9.17, 15) is 4.39 Å². The van der Waals surface area contributed by atoms with Gasteiger partial charge in [-0.15, -0.1) is 0 Å². The van der Waals surface area contributed by atoms with Crippen molar-refractivity contribution in [3.63, 3.8) is 0 Å². The molecule has 0 aromatic heterocycles. The van der Waals surface area contributed by atoms with Crippen LogP contribution < -0.4 is 5.32 Å². The molecule has 0 spiro atoms. The highest BCUT2D eigenvalue weighted by Crippen LogP contribution is 2.29. The molecule has 106 valence electrons. The lowest BCUT2D eigenvalue weighted by atomic mass is 10.0. The van der Waals surface area contributed by atoms with Crippen LogP contribution in [0.25, 0.3) is 0 Å². The summed E-state index contributed by atoms with van der Waals surface area (Å²) in [7, 11) is 1.92. The predicted octanol–water partition coefficient (Wildman–Crippen LogP) is 3.35. The minimum atomic E-state index is -0.109. The molecule has 1 N–H and O–H groups in total. The van der Waals surface area contributed by atoms with E-state index in [1.54, 1.807) is 12.1 Å². The minimum absolute atomic E-state index is 0.0656. The molecule has 2 rings (SSSR count). The van der Waals surface area contributed by atoms with E-state index in [-0.39, 0.29) is 11.9 Å². The van der Waals surface area contributed by atoms with Crippen LogP contribution in [-0.4, -0.2) is 30.6 Å². The molecule has 1 aliphatic rings. The molecule has 0 radical (unpaired) electrons. The molecule has 0 saturated carbocycles. The number of hydrogen-bond donors (Lipinski definition) is 1. The molecule has 1 aromatic carbocycles. The molecule has 3 atom stereocenters. The largest absolute Gasteiger partial charge is 0.312 e. The van der Waals surface area contributed by atoms with Crippen molar-refractivity contribution in [3.8, 4) is 0 Å². The molecule has 19 heavy (non-hydrogen) atoms. The van der Waals surface area contributed by atoms with Gasteiger partial charge in [-0.3, -0.25) is 4.90 Å². The van der Waals surface area contributed by atoms with E-state index >= 15 is 0 Å². The van der Waals surface area contributed by atoms with Gasteiger partial charge < -0.3 is 5.32 Å². The number of halogens is 1.